The molecule has 112 valence electrons. The highest BCUT2D eigenvalue weighted by Crippen LogP contribution is 2.42. The van der Waals surface area contributed by atoms with E-state index in [1.165, 1.54) is 12.1 Å². The molecule has 1 aromatic heterocycles. The van der Waals surface area contributed by atoms with Gasteiger partial charge in [-0.05, 0) is 13.0 Å². The van der Waals surface area contributed by atoms with E-state index in [0.717, 1.165) is 17.6 Å². The summed E-state index contributed by atoms with van der Waals surface area (Å²) in [5.74, 6) is -0.434. The van der Waals surface area contributed by atoms with Gasteiger partial charge in [-0.25, -0.2) is 9.78 Å². The number of rotatable bonds is 2. The molecule has 1 aromatic rings. The maximum Gasteiger partial charge on any atom is 0.420 e. The summed E-state index contributed by atoms with van der Waals surface area (Å²) in [5, 5.41) is 0.771. The highest BCUT2D eigenvalue weighted by atomic mass is 19.4. The molecule has 1 heterocycles. The molecule has 0 aliphatic heterocycles. The number of alkyl halides is 6. The maximum atomic E-state index is 12.5. The summed E-state index contributed by atoms with van der Waals surface area (Å²) in [5.41, 5.74) is -4.42. The molecular weight excluding hydrogens is 294 g/mol. The van der Waals surface area contributed by atoms with Gasteiger partial charge in [0.05, 0.1) is 0 Å². The van der Waals surface area contributed by atoms with Crippen LogP contribution < -0.4 is 10.1 Å². The Hall–Kier alpha value is -2.00. The first-order valence-corrected chi connectivity index (χ1v) is 5.02. The molecule has 1 amide bonds. The van der Waals surface area contributed by atoms with Crippen LogP contribution in [0.5, 0.6) is 5.88 Å². The zero-order chi connectivity index (χ0) is 15.6. The number of pyridine rings is 1. The van der Waals surface area contributed by atoms with E-state index in [1.807, 2.05) is 0 Å². The molecule has 0 radical (unpaired) electrons. The van der Waals surface area contributed by atoms with Gasteiger partial charge in [0, 0.05) is 12.3 Å². The Morgan fingerprint density at radius 1 is 1.15 bits per heavy atom. The Kier molecular flexibility index (Phi) is 4.15. The molecule has 0 aliphatic carbocycles. The Balaban J connectivity index is 2.90. The number of carbonyl (C=O) groups is 1. The van der Waals surface area contributed by atoms with Crippen LogP contribution in [0.4, 0.5) is 31.1 Å². The van der Waals surface area contributed by atoms with E-state index in [0.29, 0.717) is 0 Å². The minimum Gasteiger partial charge on any atom is -0.391 e. The fourth-order valence-electron chi connectivity index (χ4n) is 1.03. The first kappa shape index (κ1) is 16.1. The van der Waals surface area contributed by atoms with E-state index in [9.17, 15) is 31.1 Å². The van der Waals surface area contributed by atoms with E-state index < -0.39 is 29.9 Å². The molecule has 20 heavy (non-hydrogen) atoms. The molecule has 0 saturated carbocycles. The Bertz CT molecular complexity index is 457. The van der Waals surface area contributed by atoms with Gasteiger partial charge in [0.25, 0.3) is 0 Å². The molecular formula is C10H8F6N2O2. The summed E-state index contributed by atoms with van der Waals surface area (Å²) < 4.78 is 79.2. The van der Waals surface area contributed by atoms with Crippen LogP contribution >= 0.6 is 0 Å². The number of hydrogen-bond acceptors (Lipinski definition) is 3. The summed E-state index contributed by atoms with van der Waals surface area (Å²) in [7, 11) is 0. The van der Waals surface area contributed by atoms with Gasteiger partial charge in [-0.3, -0.25) is 5.32 Å². The number of nitrogens with one attached hydrogen (secondary N) is 1. The Morgan fingerprint density at radius 3 is 2.10 bits per heavy atom. The predicted molar refractivity (Wildman–Crippen MR) is 53.9 cm³/mol. The quantitative estimate of drug-likeness (QED) is 0.854. The molecule has 0 unspecified atom stereocenters. The van der Waals surface area contributed by atoms with Crippen molar-refractivity contribution in [3.63, 3.8) is 0 Å². The van der Waals surface area contributed by atoms with Crippen molar-refractivity contribution in [1.29, 1.82) is 0 Å². The summed E-state index contributed by atoms with van der Waals surface area (Å²) >= 11 is 0. The van der Waals surface area contributed by atoms with Crippen LogP contribution in [0.3, 0.4) is 0 Å². The lowest BCUT2D eigenvalue weighted by Crippen LogP contribution is -2.66. The van der Waals surface area contributed by atoms with Crippen LogP contribution in [-0.4, -0.2) is 29.0 Å². The number of aromatic nitrogens is 1. The number of halogens is 6. The molecule has 0 aromatic carbocycles. The number of hydrogen-bond donors (Lipinski definition) is 1. The first-order valence-electron chi connectivity index (χ1n) is 5.02. The number of carbonyl (C=O) groups excluding carboxylic acids is 1. The summed E-state index contributed by atoms with van der Waals surface area (Å²) in [4.78, 5) is 14.6. The molecule has 4 nitrogen and oxygen atoms in total. The third-order valence-corrected chi connectivity index (χ3v) is 2.32. The minimum absolute atomic E-state index is 0.202. The zero-order valence-corrected chi connectivity index (χ0v) is 9.84. The first-order chi connectivity index (χ1) is 8.97. The van der Waals surface area contributed by atoms with Gasteiger partial charge in [0.1, 0.15) is 0 Å². The highest BCUT2D eigenvalue weighted by molar-refractivity contribution is 5.71. The van der Waals surface area contributed by atoms with Crippen LogP contribution in [0.25, 0.3) is 0 Å². The fourth-order valence-corrected chi connectivity index (χ4v) is 1.03. The summed E-state index contributed by atoms with van der Waals surface area (Å²) in [6.07, 6.45) is -12.3. The monoisotopic (exact) mass is 302 g/mol. The highest BCUT2D eigenvalue weighted by Gasteiger charge is 2.69. The van der Waals surface area contributed by atoms with Crippen molar-refractivity contribution in [2.75, 3.05) is 0 Å². The zero-order valence-electron chi connectivity index (χ0n) is 9.84. The molecule has 10 heteroatoms. The second-order valence-corrected chi connectivity index (χ2v) is 3.80. The SMILES string of the molecule is CC(NC(=O)Oc1ccccn1)(C(F)(F)F)C(F)(F)F. The van der Waals surface area contributed by atoms with Crippen molar-refractivity contribution < 1.29 is 35.9 Å². The van der Waals surface area contributed by atoms with Crippen molar-refractivity contribution in [3.05, 3.63) is 24.4 Å². The molecule has 0 bridgehead atoms. The average molecular weight is 302 g/mol. The Morgan fingerprint density at radius 2 is 1.70 bits per heavy atom. The van der Waals surface area contributed by atoms with Gasteiger partial charge in [-0.15, -0.1) is 0 Å². The molecule has 0 saturated heterocycles. The lowest BCUT2D eigenvalue weighted by Gasteiger charge is -2.33. The van der Waals surface area contributed by atoms with Gasteiger partial charge >= 0.3 is 18.4 Å². The van der Waals surface area contributed by atoms with E-state index in [4.69, 9.17) is 0 Å². The smallest absolute Gasteiger partial charge is 0.391 e. The average Bonchev–Trinajstić information content (AvgIpc) is 2.26. The predicted octanol–water partition coefficient (Wildman–Crippen LogP) is 3.05. The van der Waals surface area contributed by atoms with Crippen LogP contribution in [-0.2, 0) is 0 Å². The topological polar surface area (TPSA) is 51.2 Å². The van der Waals surface area contributed by atoms with E-state index >= 15 is 0 Å². The maximum absolute atomic E-state index is 12.5. The van der Waals surface area contributed by atoms with Crippen LogP contribution in [0.15, 0.2) is 24.4 Å². The van der Waals surface area contributed by atoms with Gasteiger partial charge < -0.3 is 4.74 Å². The van der Waals surface area contributed by atoms with Crippen LogP contribution in [0.1, 0.15) is 6.92 Å². The standard InChI is InChI=1S/C10H8F6N2O2/c1-8(9(11,12)13,10(14,15)16)18-7(19)20-6-4-2-3-5-17-6/h2-5H,1H3,(H,18,19). The van der Waals surface area contributed by atoms with E-state index in [-0.39, 0.29) is 6.92 Å². The lowest BCUT2D eigenvalue weighted by atomic mass is 10.0. The van der Waals surface area contributed by atoms with Crippen LogP contribution in [0.2, 0.25) is 0 Å². The van der Waals surface area contributed by atoms with Crippen molar-refractivity contribution in [3.8, 4) is 5.88 Å². The molecule has 0 spiro atoms. The van der Waals surface area contributed by atoms with E-state index in [1.54, 1.807) is 0 Å². The summed E-state index contributed by atoms with van der Waals surface area (Å²) in [6.45, 7) is -0.202. The number of nitrogens with zero attached hydrogens (tertiary/aromatic N) is 1. The number of amides is 1. The van der Waals surface area contributed by atoms with E-state index in [2.05, 4.69) is 9.72 Å². The van der Waals surface area contributed by atoms with Crippen molar-refractivity contribution >= 4 is 6.09 Å². The Labute approximate surface area is 108 Å². The molecule has 1 N–H and O–H groups in total. The second kappa shape index (κ2) is 5.17. The molecule has 1 rings (SSSR count). The van der Waals surface area contributed by atoms with Gasteiger partial charge in [0.15, 0.2) is 0 Å². The van der Waals surface area contributed by atoms with Crippen molar-refractivity contribution in [1.82, 2.24) is 10.3 Å². The number of ether oxygens (including phenoxy) is 1. The normalized spacial score (nSPS) is 12.9. The summed E-state index contributed by atoms with van der Waals surface area (Å²) in [6, 6.07) is 3.85. The third-order valence-electron chi connectivity index (χ3n) is 2.32. The minimum atomic E-state index is -5.74. The lowest BCUT2D eigenvalue weighted by molar-refractivity contribution is -0.298. The molecule has 0 fully saturated rings. The van der Waals surface area contributed by atoms with Crippen LogP contribution in [0, 0.1) is 0 Å². The second-order valence-electron chi connectivity index (χ2n) is 3.80. The van der Waals surface area contributed by atoms with Crippen molar-refractivity contribution in [2.24, 2.45) is 0 Å². The van der Waals surface area contributed by atoms with Gasteiger partial charge in [-0.1, -0.05) is 6.07 Å². The largest absolute Gasteiger partial charge is 0.420 e. The van der Waals surface area contributed by atoms with Gasteiger partial charge in [0.2, 0.25) is 11.4 Å². The fraction of sp³-hybridized carbons (Fsp3) is 0.400. The molecule has 0 aliphatic rings. The third kappa shape index (κ3) is 3.31. The van der Waals surface area contributed by atoms with Gasteiger partial charge in [-0.2, -0.15) is 26.3 Å². The molecule has 0 atom stereocenters. The van der Waals surface area contributed by atoms with Crippen molar-refractivity contribution in [2.45, 2.75) is 24.8 Å².